The van der Waals surface area contributed by atoms with Crippen LogP contribution in [0.3, 0.4) is 0 Å². The number of piperazine rings is 1. The number of hydrogen-bond donors (Lipinski definition) is 1. The van der Waals surface area contributed by atoms with Gasteiger partial charge in [0.1, 0.15) is 5.60 Å². The van der Waals surface area contributed by atoms with Gasteiger partial charge < -0.3 is 19.5 Å². The zero-order valence-corrected chi connectivity index (χ0v) is 15.4. The number of rotatable bonds is 1. The molecule has 130 valence electrons. The molecule has 1 saturated heterocycles. The topological polar surface area (TPSA) is 61.5 Å². The van der Waals surface area contributed by atoms with Crippen LogP contribution in [0, 0.1) is 0 Å². The summed E-state index contributed by atoms with van der Waals surface area (Å²) in [5, 5.41) is 0.962. The van der Waals surface area contributed by atoms with Crippen molar-refractivity contribution in [2.75, 3.05) is 31.1 Å². The van der Waals surface area contributed by atoms with Crippen molar-refractivity contribution in [3.05, 3.63) is 22.4 Å². The van der Waals surface area contributed by atoms with Gasteiger partial charge in [-0.25, -0.2) is 9.78 Å². The summed E-state index contributed by atoms with van der Waals surface area (Å²) >= 11 is 12.3. The maximum atomic E-state index is 12.1. The number of carbonyl (C=O) groups excluding carboxylic acids is 1. The number of nitrogens with one attached hydrogen (secondary N) is 1. The number of nitrogens with zero attached hydrogens (tertiary/aromatic N) is 3. The van der Waals surface area contributed by atoms with E-state index in [-0.39, 0.29) is 6.09 Å². The molecule has 0 unspecified atom stereocenters. The fourth-order valence-corrected chi connectivity index (χ4v) is 3.16. The van der Waals surface area contributed by atoms with Crippen molar-refractivity contribution < 1.29 is 9.53 Å². The normalized spacial score (nSPS) is 15.9. The van der Waals surface area contributed by atoms with Crippen LogP contribution in [-0.4, -0.2) is 52.7 Å². The number of imidazole rings is 1. The van der Waals surface area contributed by atoms with Crippen molar-refractivity contribution in [1.82, 2.24) is 14.9 Å². The molecule has 0 aliphatic carbocycles. The molecule has 3 rings (SSSR count). The van der Waals surface area contributed by atoms with E-state index >= 15 is 0 Å². The number of aromatic nitrogens is 2. The molecule has 1 aliphatic rings. The first kappa shape index (κ1) is 17.2. The first-order valence-electron chi connectivity index (χ1n) is 7.80. The SMILES string of the molecule is CC(C)(C)OC(=O)N1CCN(c2cc3[nH]c(Cl)nc3cc2Cl)CC1. The number of aromatic amines is 1. The van der Waals surface area contributed by atoms with Gasteiger partial charge in [-0.05, 0) is 44.5 Å². The predicted octanol–water partition coefficient (Wildman–Crippen LogP) is 3.93. The van der Waals surface area contributed by atoms with E-state index in [4.69, 9.17) is 27.9 Å². The van der Waals surface area contributed by atoms with Crippen molar-refractivity contribution in [2.24, 2.45) is 0 Å². The molecular weight excluding hydrogens is 351 g/mol. The molecule has 0 saturated carbocycles. The first-order valence-corrected chi connectivity index (χ1v) is 8.56. The Morgan fingerprint density at radius 3 is 2.50 bits per heavy atom. The number of benzene rings is 1. The van der Waals surface area contributed by atoms with Crippen LogP contribution < -0.4 is 4.90 Å². The van der Waals surface area contributed by atoms with Crippen molar-refractivity contribution in [3.8, 4) is 0 Å². The lowest BCUT2D eigenvalue weighted by Gasteiger charge is -2.37. The standard InChI is InChI=1S/C16H20Cl2N4O2/c1-16(2,3)24-15(23)22-6-4-21(5-7-22)13-9-12-11(8-10(13)17)19-14(18)20-12/h8-9H,4-7H2,1-3H3,(H,19,20). The average Bonchev–Trinajstić information content (AvgIpc) is 2.84. The maximum absolute atomic E-state index is 12.1. The highest BCUT2D eigenvalue weighted by Crippen LogP contribution is 2.31. The minimum atomic E-state index is -0.484. The summed E-state index contributed by atoms with van der Waals surface area (Å²) in [6, 6.07) is 3.74. The number of amides is 1. The lowest BCUT2D eigenvalue weighted by molar-refractivity contribution is 0.0240. The molecule has 8 heteroatoms. The molecule has 1 aromatic heterocycles. The fraction of sp³-hybridized carbons (Fsp3) is 0.500. The summed E-state index contributed by atoms with van der Waals surface area (Å²) in [6.45, 7) is 8.15. The van der Waals surface area contributed by atoms with E-state index in [9.17, 15) is 4.79 Å². The summed E-state index contributed by atoms with van der Waals surface area (Å²) in [7, 11) is 0. The van der Waals surface area contributed by atoms with E-state index in [1.807, 2.05) is 26.8 Å². The molecule has 6 nitrogen and oxygen atoms in total. The van der Waals surface area contributed by atoms with Crippen LogP contribution in [0.5, 0.6) is 0 Å². The quantitative estimate of drug-likeness (QED) is 0.825. The van der Waals surface area contributed by atoms with Gasteiger partial charge in [0, 0.05) is 26.2 Å². The highest BCUT2D eigenvalue weighted by atomic mass is 35.5. The van der Waals surface area contributed by atoms with Crippen LogP contribution in [0.2, 0.25) is 10.3 Å². The summed E-state index contributed by atoms with van der Waals surface area (Å²) < 4.78 is 5.42. The van der Waals surface area contributed by atoms with Crippen LogP contribution in [0.15, 0.2) is 12.1 Å². The van der Waals surface area contributed by atoms with E-state index in [1.165, 1.54) is 0 Å². The summed E-state index contributed by atoms with van der Waals surface area (Å²) in [5.41, 5.74) is 2.01. The molecule has 1 N–H and O–H groups in total. The lowest BCUT2D eigenvalue weighted by Crippen LogP contribution is -2.50. The molecule has 2 aromatic rings. The molecule has 0 spiro atoms. The van der Waals surface area contributed by atoms with Crippen LogP contribution in [0.4, 0.5) is 10.5 Å². The highest BCUT2D eigenvalue weighted by molar-refractivity contribution is 6.34. The second kappa shape index (κ2) is 6.33. The fourth-order valence-electron chi connectivity index (χ4n) is 2.69. The first-order chi connectivity index (χ1) is 11.2. The van der Waals surface area contributed by atoms with Crippen LogP contribution in [-0.2, 0) is 4.74 Å². The molecule has 1 aromatic carbocycles. The zero-order valence-electron chi connectivity index (χ0n) is 13.9. The zero-order chi connectivity index (χ0) is 17.5. The number of carbonyl (C=O) groups is 1. The Hall–Kier alpha value is -1.66. The number of fused-ring (bicyclic) bond motifs is 1. The van der Waals surface area contributed by atoms with E-state index in [0.717, 1.165) is 16.7 Å². The van der Waals surface area contributed by atoms with Crippen LogP contribution in [0.25, 0.3) is 11.0 Å². The van der Waals surface area contributed by atoms with E-state index in [1.54, 1.807) is 11.0 Å². The Morgan fingerprint density at radius 1 is 1.21 bits per heavy atom. The largest absolute Gasteiger partial charge is 0.444 e. The lowest BCUT2D eigenvalue weighted by atomic mass is 10.2. The minimum Gasteiger partial charge on any atom is -0.444 e. The molecule has 0 bridgehead atoms. The van der Waals surface area contributed by atoms with Gasteiger partial charge in [-0.15, -0.1) is 0 Å². The third-order valence-corrected chi connectivity index (χ3v) is 4.28. The average molecular weight is 371 g/mol. The molecule has 24 heavy (non-hydrogen) atoms. The number of hydrogen-bond acceptors (Lipinski definition) is 4. The van der Waals surface area contributed by atoms with Gasteiger partial charge in [-0.3, -0.25) is 0 Å². The van der Waals surface area contributed by atoms with Crippen molar-refractivity contribution >= 4 is 46.0 Å². The Labute approximate surface area is 150 Å². The van der Waals surface area contributed by atoms with Gasteiger partial charge in [-0.1, -0.05) is 11.6 Å². The van der Waals surface area contributed by atoms with E-state index < -0.39 is 5.60 Å². The number of ether oxygens (including phenoxy) is 1. The number of H-pyrrole nitrogens is 1. The van der Waals surface area contributed by atoms with Crippen molar-refractivity contribution in [1.29, 1.82) is 0 Å². The minimum absolute atomic E-state index is 0.274. The van der Waals surface area contributed by atoms with Gasteiger partial charge >= 0.3 is 6.09 Å². The molecule has 0 radical (unpaired) electrons. The van der Waals surface area contributed by atoms with Gasteiger partial charge in [0.05, 0.1) is 21.7 Å². The van der Waals surface area contributed by atoms with Gasteiger partial charge in [-0.2, -0.15) is 0 Å². The summed E-state index contributed by atoms with van der Waals surface area (Å²) in [5.74, 6) is 0. The Morgan fingerprint density at radius 2 is 1.88 bits per heavy atom. The van der Waals surface area contributed by atoms with Gasteiger partial charge in [0.15, 0.2) is 0 Å². The molecule has 1 aliphatic heterocycles. The maximum Gasteiger partial charge on any atom is 0.410 e. The van der Waals surface area contributed by atoms with Gasteiger partial charge in [0.25, 0.3) is 0 Å². The van der Waals surface area contributed by atoms with Gasteiger partial charge in [0.2, 0.25) is 5.28 Å². The molecular formula is C16H20Cl2N4O2. The Kier molecular flexibility index (Phi) is 4.53. The smallest absolute Gasteiger partial charge is 0.410 e. The van der Waals surface area contributed by atoms with Crippen molar-refractivity contribution in [3.63, 3.8) is 0 Å². The Bertz CT molecular complexity index is 761. The van der Waals surface area contributed by atoms with Crippen LogP contribution >= 0.6 is 23.2 Å². The second-order valence-electron chi connectivity index (χ2n) is 6.80. The second-order valence-corrected chi connectivity index (χ2v) is 7.57. The Balaban J connectivity index is 1.70. The van der Waals surface area contributed by atoms with E-state index in [0.29, 0.717) is 36.5 Å². The van der Waals surface area contributed by atoms with Crippen molar-refractivity contribution in [2.45, 2.75) is 26.4 Å². The summed E-state index contributed by atoms with van der Waals surface area (Å²) in [6.07, 6.45) is -0.274. The molecule has 0 atom stereocenters. The third-order valence-electron chi connectivity index (χ3n) is 3.79. The predicted molar refractivity (Wildman–Crippen MR) is 96.1 cm³/mol. The molecule has 1 fully saturated rings. The molecule has 1 amide bonds. The summed E-state index contributed by atoms with van der Waals surface area (Å²) in [4.78, 5) is 23.2. The monoisotopic (exact) mass is 370 g/mol. The van der Waals surface area contributed by atoms with Crippen LogP contribution in [0.1, 0.15) is 20.8 Å². The number of halogens is 2. The molecule has 2 heterocycles. The van der Waals surface area contributed by atoms with E-state index in [2.05, 4.69) is 14.9 Å². The third kappa shape index (κ3) is 3.70. The highest BCUT2D eigenvalue weighted by Gasteiger charge is 2.26. The number of anilines is 1.